The zero-order valence-corrected chi connectivity index (χ0v) is 14.5. The highest BCUT2D eigenvalue weighted by Crippen LogP contribution is 2.14. The van der Waals surface area contributed by atoms with E-state index in [1.807, 2.05) is 22.6 Å². The number of piperidine rings is 1. The summed E-state index contributed by atoms with van der Waals surface area (Å²) < 4.78 is 13.7. The van der Waals surface area contributed by atoms with Gasteiger partial charge in [0.05, 0.1) is 5.56 Å². The molecular formula is C16H22FIN2O. The molecule has 21 heavy (non-hydrogen) atoms. The van der Waals surface area contributed by atoms with E-state index >= 15 is 0 Å². The molecule has 1 N–H and O–H groups in total. The van der Waals surface area contributed by atoms with Gasteiger partial charge in [0.15, 0.2) is 0 Å². The summed E-state index contributed by atoms with van der Waals surface area (Å²) in [6, 6.07) is 4.25. The van der Waals surface area contributed by atoms with Gasteiger partial charge >= 0.3 is 0 Å². The molecule has 0 spiro atoms. The number of rotatable bonds is 5. The van der Waals surface area contributed by atoms with Crippen LogP contribution in [0.3, 0.4) is 0 Å². The summed E-state index contributed by atoms with van der Waals surface area (Å²) in [5, 5.41) is 2.96. The van der Waals surface area contributed by atoms with Crippen LogP contribution >= 0.6 is 22.6 Å². The van der Waals surface area contributed by atoms with Crippen LogP contribution in [0.1, 0.15) is 36.5 Å². The van der Waals surface area contributed by atoms with Crippen LogP contribution in [-0.4, -0.2) is 37.0 Å². The third-order valence-corrected chi connectivity index (χ3v) is 4.70. The predicted octanol–water partition coefficient (Wildman–Crippen LogP) is 3.28. The van der Waals surface area contributed by atoms with Crippen molar-refractivity contribution in [3.8, 4) is 0 Å². The average molecular weight is 404 g/mol. The molecule has 5 heteroatoms. The second-order valence-electron chi connectivity index (χ2n) is 5.80. The Labute approximate surface area is 139 Å². The normalized spacial score (nSPS) is 17.5. The highest BCUT2D eigenvalue weighted by Gasteiger charge is 2.15. The van der Waals surface area contributed by atoms with E-state index in [0.717, 1.165) is 6.54 Å². The van der Waals surface area contributed by atoms with Crippen molar-refractivity contribution < 1.29 is 9.18 Å². The number of amides is 1. The van der Waals surface area contributed by atoms with Gasteiger partial charge in [0, 0.05) is 16.7 Å². The van der Waals surface area contributed by atoms with Crippen molar-refractivity contribution in [1.82, 2.24) is 10.2 Å². The van der Waals surface area contributed by atoms with Gasteiger partial charge in [0.1, 0.15) is 5.82 Å². The minimum Gasteiger partial charge on any atom is -0.352 e. The van der Waals surface area contributed by atoms with Crippen LogP contribution in [-0.2, 0) is 0 Å². The van der Waals surface area contributed by atoms with Crippen LogP contribution in [0.25, 0.3) is 0 Å². The highest BCUT2D eigenvalue weighted by molar-refractivity contribution is 14.1. The van der Waals surface area contributed by atoms with Crippen molar-refractivity contribution in [2.45, 2.75) is 26.2 Å². The fourth-order valence-electron chi connectivity index (χ4n) is 2.68. The van der Waals surface area contributed by atoms with E-state index in [1.54, 1.807) is 6.07 Å². The Morgan fingerprint density at radius 3 is 2.76 bits per heavy atom. The van der Waals surface area contributed by atoms with E-state index in [-0.39, 0.29) is 11.7 Å². The van der Waals surface area contributed by atoms with Gasteiger partial charge in [-0.05, 0) is 72.6 Å². The lowest BCUT2D eigenvalue weighted by atomic mass is 10.1. The number of nitrogens with zero attached hydrogens (tertiary/aromatic N) is 1. The molecule has 0 aromatic heterocycles. The Kier molecular flexibility index (Phi) is 6.41. The quantitative estimate of drug-likeness (QED) is 0.765. The molecule has 0 bridgehead atoms. The van der Waals surface area contributed by atoms with Crippen molar-refractivity contribution >= 4 is 28.5 Å². The van der Waals surface area contributed by atoms with Crippen LogP contribution < -0.4 is 5.32 Å². The third-order valence-electron chi connectivity index (χ3n) is 3.81. The van der Waals surface area contributed by atoms with Crippen LogP contribution in [0.15, 0.2) is 18.2 Å². The minimum absolute atomic E-state index is 0.120. The lowest BCUT2D eigenvalue weighted by Gasteiger charge is -2.29. The summed E-state index contributed by atoms with van der Waals surface area (Å²) in [4.78, 5) is 14.6. The van der Waals surface area contributed by atoms with E-state index in [0.29, 0.717) is 21.6 Å². The Morgan fingerprint density at radius 1 is 1.38 bits per heavy atom. The van der Waals surface area contributed by atoms with Gasteiger partial charge in [0.2, 0.25) is 0 Å². The lowest BCUT2D eigenvalue weighted by Crippen LogP contribution is -2.38. The number of likely N-dealkylation sites (tertiary alicyclic amines) is 1. The minimum atomic E-state index is -0.311. The topological polar surface area (TPSA) is 32.3 Å². The summed E-state index contributed by atoms with van der Waals surface area (Å²) in [5.41, 5.74) is 0.544. The maximum Gasteiger partial charge on any atom is 0.252 e. The zero-order chi connectivity index (χ0) is 15.2. The number of nitrogens with one attached hydrogen (secondary N) is 1. The SMILES string of the molecule is CC(CNC(=O)c1ccc(F)cc1I)CN1CCCCC1. The monoisotopic (exact) mass is 404 g/mol. The van der Waals surface area contributed by atoms with Crippen LogP contribution in [0.5, 0.6) is 0 Å². The molecule has 1 atom stereocenters. The largest absolute Gasteiger partial charge is 0.352 e. The standard InChI is InChI=1S/C16H22FIN2O/c1-12(11-20-7-3-2-4-8-20)10-19-16(21)14-6-5-13(17)9-15(14)18/h5-6,9,12H,2-4,7-8,10-11H2,1H3,(H,19,21). The fraction of sp³-hybridized carbons (Fsp3) is 0.562. The maximum atomic E-state index is 13.0. The number of carbonyl (C=O) groups is 1. The summed E-state index contributed by atoms with van der Waals surface area (Å²) in [6.45, 7) is 6.19. The highest BCUT2D eigenvalue weighted by atomic mass is 127. The third kappa shape index (κ3) is 5.21. The Hall–Kier alpha value is -0.690. The molecule has 0 saturated carbocycles. The summed E-state index contributed by atoms with van der Waals surface area (Å²) in [7, 11) is 0. The molecule has 1 heterocycles. The summed E-state index contributed by atoms with van der Waals surface area (Å²) >= 11 is 1.99. The Balaban J connectivity index is 1.80. The molecule has 0 aliphatic carbocycles. The van der Waals surface area contributed by atoms with Crippen molar-refractivity contribution in [2.75, 3.05) is 26.2 Å². The molecule has 116 valence electrons. The molecule has 1 aliphatic heterocycles. The maximum absolute atomic E-state index is 13.0. The van der Waals surface area contributed by atoms with E-state index in [4.69, 9.17) is 0 Å². The first-order valence-corrected chi connectivity index (χ1v) is 8.59. The molecule has 1 aromatic rings. The summed E-state index contributed by atoms with van der Waals surface area (Å²) in [6.07, 6.45) is 3.91. The number of hydrogen-bond acceptors (Lipinski definition) is 2. The first-order valence-electron chi connectivity index (χ1n) is 7.52. The second kappa shape index (κ2) is 8.08. The zero-order valence-electron chi connectivity index (χ0n) is 12.4. The van der Waals surface area contributed by atoms with Crippen LogP contribution in [0.2, 0.25) is 0 Å². The van der Waals surface area contributed by atoms with Crippen molar-refractivity contribution in [3.63, 3.8) is 0 Å². The van der Waals surface area contributed by atoms with Gasteiger partial charge < -0.3 is 10.2 Å². The van der Waals surface area contributed by atoms with Gasteiger partial charge in [-0.25, -0.2) is 4.39 Å². The number of carbonyl (C=O) groups excluding carboxylic acids is 1. The molecule has 1 saturated heterocycles. The van der Waals surface area contributed by atoms with Gasteiger partial charge in [-0.3, -0.25) is 4.79 Å². The number of halogens is 2. The van der Waals surface area contributed by atoms with E-state index < -0.39 is 0 Å². The molecule has 1 fully saturated rings. The van der Waals surface area contributed by atoms with E-state index in [2.05, 4.69) is 17.1 Å². The first kappa shape index (κ1) is 16.7. The van der Waals surface area contributed by atoms with E-state index in [9.17, 15) is 9.18 Å². The number of hydrogen-bond donors (Lipinski definition) is 1. The van der Waals surface area contributed by atoms with E-state index in [1.165, 1.54) is 44.5 Å². The van der Waals surface area contributed by atoms with Gasteiger partial charge in [0.25, 0.3) is 5.91 Å². The Bertz CT molecular complexity index is 489. The molecule has 1 unspecified atom stereocenters. The molecule has 2 rings (SSSR count). The number of benzene rings is 1. The fourth-order valence-corrected chi connectivity index (χ4v) is 3.41. The smallest absolute Gasteiger partial charge is 0.252 e. The first-order chi connectivity index (χ1) is 10.1. The van der Waals surface area contributed by atoms with Crippen molar-refractivity contribution in [1.29, 1.82) is 0 Å². The molecule has 1 amide bonds. The van der Waals surface area contributed by atoms with Crippen molar-refractivity contribution in [2.24, 2.45) is 5.92 Å². The Morgan fingerprint density at radius 2 is 2.10 bits per heavy atom. The van der Waals surface area contributed by atoms with Gasteiger partial charge in [-0.1, -0.05) is 13.3 Å². The lowest BCUT2D eigenvalue weighted by molar-refractivity contribution is 0.0941. The molecule has 1 aromatic carbocycles. The van der Waals surface area contributed by atoms with Gasteiger partial charge in [-0.2, -0.15) is 0 Å². The van der Waals surface area contributed by atoms with Crippen molar-refractivity contribution in [3.05, 3.63) is 33.1 Å². The summed E-state index contributed by atoms with van der Waals surface area (Å²) in [5.74, 6) is -0.00975. The second-order valence-corrected chi connectivity index (χ2v) is 6.96. The molecule has 0 radical (unpaired) electrons. The average Bonchev–Trinajstić information content (AvgIpc) is 2.46. The van der Waals surface area contributed by atoms with Crippen LogP contribution in [0, 0.1) is 15.3 Å². The molecule has 1 aliphatic rings. The molecule has 3 nitrogen and oxygen atoms in total. The molecular weight excluding hydrogens is 382 g/mol. The van der Waals surface area contributed by atoms with Crippen LogP contribution in [0.4, 0.5) is 4.39 Å². The predicted molar refractivity (Wildman–Crippen MR) is 90.9 cm³/mol. The van der Waals surface area contributed by atoms with Gasteiger partial charge in [-0.15, -0.1) is 0 Å².